The highest BCUT2D eigenvalue weighted by atomic mass is 35.5. The predicted octanol–water partition coefficient (Wildman–Crippen LogP) is 3.33. The third-order valence-corrected chi connectivity index (χ3v) is 4.35. The molecular formula is C19H21ClN2O2. The molecule has 2 aromatic carbocycles. The third-order valence-electron chi connectivity index (χ3n) is 4.09. The zero-order chi connectivity index (χ0) is 16.8. The Morgan fingerprint density at radius 1 is 1.08 bits per heavy atom. The minimum Gasteiger partial charge on any atom is -0.476 e. The molecule has 24 heavy (non-hydrogen) atoms. The summed E-state index contributed by atoms with van der Waals surface area (Å²) < 4.78 is 5.97. The van der Waals surface area contributed by atoms with Crippen LogP contribution >= 0.6 is 11.6 Å². The third kappa shape index (κ3) is 4.49. The van der Waals surface area contributed by atoms with Crippen molar-refractivity contribution in [3.8, 4) is 5.75 Å². The Bertz CT molecular complexity index is 655. The van der Waals surface area contributed by atoms with Gasteiger partial charge in [-0.25, -0.2) is 0 Å². The Balaban J connectivity index is 1.76. The Kier molecular flexibility index (Phi) is 5.72. The molecule has 1 atom stereocenters. The molecule has 0 radical (unpaired) electrons. The van der Waals surface area contributed by atoms with Crippen LogP contribution in [0.4, 0.5) is 0 Å². The molecule has 3 rings (SSSR count). The van der Waals surface area contributed by atoms with Gasteiger partial charge in [-0.15, -0.1) is 0 Å². The molecule has 0 aliphatic carbocycles. The largest absolute Gasteiger partial charge is 0.476 e. The molecule has 1 heterocycles. The van der Waals surface area contributed by atoms with Gasteiger partial charge < -0.3 is 15.4 Å². The van der Waals surface area contributed by atoms with Crippen LogP contribution in [0.25, 0.3) is 0 Å². The van der Waals surface area contributed by atoms with E-state index in [0.717, 1.165) is 31.5 Å². The summed E-state index contributed by atoms with van der Waals surface area (Å²) in [6, 6.07) is 16.8. The second-order valence-corrected chi connectivity index (χ2v) is 6.33. The molecule has 0 aromatic heterocycles. The van der Waals surface area contributed by atoms with Crippen LogP contribution in [0.5, 0.6) is 5.75 Å². The lowest BCUT2D eigenvalue weighted by Crippen LogP contribution is -2.45. The van der Waals surface area contributed by atoms with Crippen LogP contribution in [0.15, 0.2) is 54.6 Å². The fourth-order valence-corrected chi connectivity index (χ4v) is 2.92. The summed E-state index contributed by atoms with van der Waals surface area (Å²) in [5.74, 6) is 0.511. The molecule has 1 unspecified atom stereocenters. The first-order chi connectivity index (χ1) is 11.7. The number of halogens is 1. The Labute approximate surface area is 147 Å². The Morgan fingerprint density at radius 2 is 1.75 bits per heavy atom. The van der Waals surface area contributed by atoms with Gasteiger partial charge in [0.05, 0.1) is 0 Å². The van der Waals surface area contributed by atoms with Crippen molar-refractivity contribution in [2.24, 2.45) is 0 Å². The monoisotopic (exact) mass is 344 g/mol. The van der Waals surface area contributed by atoms with Gasteiger partial charge in [0.1, 0.15) is 5.75 Å². The van der Waals surface area contributed by atoms with Crippen LogP contribution in [-0.4, -0.2) is 25.0 Å². The van der Waals surface area contributed by atoms with E-state index in [9.17, 15) is 4.79 Å². The van der Waals surface area contributed by atoms with Crippen molar-refractivity contribution >= 4 is 17.5 Å². The maximum Gasteiger partial charge on any atom is 0.266 e. The highest BCUT2D eigenvalue weighted by Crippen LogP contribution is 2.24. The molecule has 1 aliphatic heterocycles. The van der Waals surface area contributed by atoms with E-state index in [1.807, 2.05) is 30.3 Å². The summed E-state index contributed by atoms with van der Waals surface area (Å²) in [6.45, 7) is 1.86. The normalized spacial score (nSPS) is 16.4. The van der Waals surface area contributed by atoms with Crippen LogP contribution in [0.2, 0.25) is 5.02 Å². The molecular weight excluding hydrogens is 324 g/mol. The van der Waals surface area contributed by atoms with Crippen LogP contribution in [0, 0.1) is 0 Å². The zero-order valence-corrected chi connectivity index (χ0v) is 14.1. The fourth-order valence-electron chi connectivity index (χ4n) is 2.79. The summed E-state index contributed by atoms with van der Waals surface area (Å²) in [5.41, 5.74) is 0.832. The van der Waals surface area contributed by atoms with Crippen LogP contribution in [0.1, 0.15) is 24.5 Å². The standard InChI is InChI=1S/C19H21ClN2O2/c20-15-6-8-17(9-7-15)24-18(14-4-2-1-3-5-14)19(23)22-16-10-12-21-13-11-16/h1-9,16,18,21H,10-13H2,(H,22,23). The van der Waals surface area contributed by atoms with E-state index in [4.69, 9.17) is 16.3 Å². The van der Waals surface area contributed by atoms with Gasteiger partial charge in [-0.3, -0.25) is 4.79 Å². The summed E-state index contributed by atoms with van der Waals surface area (Å²) in [7, 11) is 0. The number of rotatable bonds is 5. The smallest absolute Gasteiger partial charge is 0.266 e. The van der Waals surface area contributed by atoms with Gasteiger partial charge in [0, 0.05) is 16.6 Å². The molecule has 2 aromatic rings. The molecule has 126 valence electrons. The molecule has 1 amide bonds. The number of hydrogen-bond donors (Lipinski definition) is 2. The van der Waals surface area contributed by atoms with Gasteiger partial charge in [0.25, 0.3) is 5.91 Å². The average molecular weight is 345 g/mol. The van der Waals surface area contributed by atoms with Gasteiger partial charge in [-0.05, 0) is 50.2 Å². The van der Waals surface area contributed by atoms with Crippen LogP contribution in [-0.2, 0) is 4.79 Å². The number of carbonyl (C=O) groups excluding carboxylic acids is 1. The van der Waals surface area contributed by atoms with E-state index in [2.05, 4.69) is 10.6 Å². The van der Waals surface area contributed by atoms with Gasteiger partial charge in [0.2, 0.25) is 6.10 Å². The van der Waals surface area contributed by atoms with Crippen molar-refractivity contribution in [2.45, 2.75) is 25.0 Å². The molecule has 0 bridgehead atoms. The number of nitrogens with one attached hydrogen (secondary N) is 2. The highest BCUT2D eigenvalue weighted by molar-refractivity contribution is 6.30. The van der Waals surface area contributed by atoms with Crippen LogP contribution < -0.4 is 15.4 Å². The molecule has 2 N–H and O–H groups in total. The van der Waals surface area contributed by atoms with Crippen molar-refractivity contribution in [3.63, 3.8) is 0 Å². The maximum atomic E-state index is 12.8. The maximum absolute atomic E-state index is 12.8. The lowest BCUT2D eigenvalue weighted by atomic mass is 10.0. The second-order valence-electron chi connectivity index (χ2n) is 5.90. The first-order valence-corrected chi connectivity index (χ1v) is 8.58. The Hall–Kier alpha value is -2.04. The summed E-state index contributed by atoms with van der Waals surface area (Å²) in [6.07, 6.45) is 1.20. The van der Waals surface area contributed by atoms with Crippen molar-refractivity contribution < 1.29 is 9.53 Å². The van der Waals surface area contributed by atoms with Crippen molar-refractivity contribution in [1.82, 2.24) is 10.6 Å². The minimum atomic E-state index is -0.678. The zero-order valence-electron chi connectivity index (χ0n) is 13.4. The predicted molar refractivity (Wildman–Crippen MR) is 95.3 cm³/mol. The molecule has 1 saturated heterocycles. The topological polar surface area (TPSA) is 50.4 Å². The highest BCUT2D eigenvalue weighted by Gasteiger charge is 2.25. The number of piperidine rings is 1. The SMILES string of the molecule is O=C(NC1CCNCC1)C(Oc1ccc(Cl)cc1)c1ccccc1. The van der Waals surface area contributed by atoms with E-state index in [-0.39, 0.29) is 11.9 Å². The molecule has 1 aliphatic rings. The fraction of sp³-hybridized carbons (Fsp3) is 0.316. The van der Waals surface area contributed by atoms with Crippen molar-refractivity contribution in [3.05, 3.63) is 65.2 Å². The van der Waals surface area contributed by atoms with E-state index in [0.29, 0.717) is 10.8 Å². The van der Waals surface area contributed by atoms with E-state index < -0.39 is 6.10 Å². The lowest BCUT2D eigenvalue weighted by Gasteiger charge is -2.26. The molecule has 0 saturated carbocycles. The van der Waals surface area contributed by atoms with E-state index in [1.54, 1.807) is 24.3 Å². The van der Waals surface area contributed by atoms with Gasteiger partial charge in [-0.1, -0.05) is 41.9 Å². The van der Waals surface area contributed by atoms with E-state index >= 15 is 0 Å². The number of benzene rings is 2. The number of amides is 1. The average Bonchev–Trinajstić information content (AvgIpc) is 2.63. The van der Waals surface area contributed by atoms with Gasteiger partial charge in [0.15, 0.2) is 0 Å². The van der Waals surface area contributed by atoms with Crippen LogP contribution in [0.3, 0.4) is 0 Å². The molecule has 1 fully saturated rings. The summed E-state index contributed by atoms with van der Waals surface area (Å²) >= 11 is 5.92. The molecule has 5 heteroatoms. The lowest BCUT2D eigenvalue weighted by molar-refractivity contribution is -0.129. The van der Waals surface area contributed by atoms with E-state index in [1.165, 1.54) is 0 Å². The second kappa shape index (κ2) is 8.18. The number of ether oxygens (including phenoxy) is 1. The quantitative estimate of drug-likeness (QED) is 0.874. The summed E-state index contributed by atoms with van der Waals surface area (Å²) in [5, 5.41) is 7.05. The minimum absolute atomic E-state index is 0.108. The van der Waals surface area contributed by atoms with Crippen molar-refractivity contribution in [2.75, 3.05) is 13.1 Å². The Morgan fingerprint density at radius 3 is 2.42 bits per heavy atom. The number of carbonyl (C=O) groups is 1. The summed E-state index contributed by atoms with van der Waals surface area (Å²) in [4.78, 5) is 12.8. The van der Waals surface area contributed by atoms with Gasteiger partial charge in [-0.2, -0.15) is 0 Å². The first kappa shape index (κ1) is 16.8. The van der Waals surface area contributed by atoms with Crippen molar-refractivity contribution in [1.29, 1.82) is 0 Å². The van der Waals surface area contributed by atoms with Gasteiger partial charge >= 0.3 is 0 Å². The first-order valence-electron chi connectivity index (χ1n) is 8.20. The molecule has 0 spiro atoms. The number of hydrogen-bond acceptors (Lipinski definition) is 3. The molecule has 4 nitrogen and oxygen atoms in total.